The zero-order valence-corrected chi connectivity index (χ0v) is 10.5. The van der Waals surface area contributed by atoms with Crippen molar-refractivity contribution >= 4 is 5.97 Å². The van der Waals surface area contributed by atoms with Crippen LogP contribution in [0.2, 0.25) is 0 Å². The molecular weight excluding hydrogens is 244 g/mol. The highest BCUT2D eigenvalue weighted by Gasteiger charge is 2.04. The molecule has 1 N–H and O–H groups in total. The van der Waals surface area contributed by atoms with Crippen LogP contribution in [0.5, 0.6) is 5.75 Å². The average molecular weight is 258 g/mol. The van der Waals surface area contributed by atoms with Crippen LogP contribution >= 0.6 is 0 Å². The molecule has 0 bridgehead atoms. The maximum Gasteiger partial charge on any atom is 0.335 e. The third-order valence-corrected chi connectivity index (χ3v) is 2.64. The summed E-state index contributed by atoms with van der Waals surface area (Å²) in [5, 5.41) is 8.85. The molecule has 0 aromatic heterocycles. The molecule has 0 fully saturated rings. The van der Waals surface area contributed by atoms with Gasteiger partial charge >= 0.3 is 5.97 Å². The second-order valence-corrected chi connectivity index (χ2v) is 3.96. The van der Waals surface area contributed by atoms with Crippen molar-refractivity contribution in [3.05, 3.63) is 54.1 Å². The smallest absolute Gasteiger partial charge is 0.335 e. The van der Waals surface area contributed by atoms with Gasteiger partial charge in [0.05, 0.1) is 5.56 Å². The van der Waals surface area contributed by atoms with E-state index in [0.717, 1.165) is 11.1 Å². The molecule has 0 radical (unpaired) electrons. The van der Waals surface area contributed by atoms with Crippen molar-refractivity contribution < 1.29 is 19.4 Å². The van der Waals surface area contributed by atoms with E-state index in [1.165, 1.54) is 0 Å². The molecule has 2 aromatic rings. The normalized spacial score (nSPS) is 10.2. The first-order chi connectivity index (χ1) is 9.20. The van der Waals surface area contributed by atoms with Gasteiger partial charge in [0, 0.05) is 7.11 Å². The number of carboxylic acids is 1. The van der Waals surface area contributed by atoms with Crippen molar-refractivity contribution in [2.75, 3.05) is 13.9 Å². The summed E-state index contributed by atoms with van der Waals surface area (Å²) in [7, 11) is 1.56. The largest absolute Gasteiger partial charge is 0.478 e. The topological polar surface area (TPSA) is 55.8 Å². The molecule has 98 valence electrons. The summed E-state index contributed by atoms with van der Waals surface area (Å²) >= 11 is 0. The summed E-state index contributed by atoms with van der Waals surface area (Å²) in [5.74, 6) is -0.217. The Morgan fingerprint density at radius 3 is 2.47 bits per heavy atom. The summed E-state index contributed by atoms with van der Waals surface area (Å²) in [6.45, 7) is 0.196. The molecule has 0 atom stereocenters. The number of aromatic carboxylic acids is 1. The van der Waals surface area contributed by atoms with E-state index in [1.807, 2.05) is 24.3 Å². The van der Waals surface area contributed by atoms with E-state index in [1.54, 1.807) is 31.4 Å². The number of methoxy groups -OCH3 is 1. The van der Waals surface area contributed by atoms with E-state index in [0.29, 0.717) is 5.75 Å². The Morgan fingerprint density at radius 1 is 1.11 bits per heavy atom. The highest BCUT2D eigenvalue weighted by Crippen LogP contribution is 2.24. The fourth-order valence-electron chi connectivity index (χ4n) is 1.70. The Kier molecular flexibility index (Phi) is 4.15. The van der Waals surface area contributed by atoms with Gasteiger partial charge in [-0.2, -0.15) is 0 Å². The standard InChI is InChI=1S/C15H14O4/c1-18-10-19-14-4-2-3-13(9-14)11-5-7-12(8-6-11)15(16)17/h2-9H,10H2,1H3,(H,16,17). The van der Waals surface area contributed by atoms with Gasteiger partial charge < -0.3 is 14.6 Å². The quantitative estimate of drug-likeness (QED) is 0.837. The van der Waals surface area contributed by atoms with Crippen LogP contribution < -0.4 is 4.74 Å². The van der Waals surface area contributed by atoms with E-state index in [2.05, 4.69) is 0 Å². The zero-order chi connectivity index (χ0) is 13.7. The highest BCUT2D eigenvalue weighted by atomic mass is 16.7. The van der Waals surface area contributed by atoms with Crippen LogP contribution in [0.1, 0.15) is 10.4 Å². The van der Waals surface area contributed by atoms with Crippen LogP contribution in [-0.4, -0.2) is 25.0 Å². The fourth-order valence-corrected chi connectivity index (χ4v) is 1.70. The lowest BCUT2D eigenvalue weighted by molar-refractivity contribution is 0.0511. The molecule has 2 rings (SSSR count). The van der Waals surface area contributed by atoms with Crippen molar-refractivity contribution in [2.24, 2.45) is 0 Å². The van der Waals surface area contributed by atoms with E-state index < -0.39 is 5.97 Å². The second kappa shape index (κ2) is 6.02. The molecule has 0 aliphatic heterocycles. The molecule has 2 aromatic carbocycles. The second-order valence-electron chi connectivity index (χ2n) is 3.96. The lowest BCUT2D eigenvalue weighted by Gasteiger charge is -2.07. The summed E-state index contributed by atoms with van der Waals surface area (Å²) in [5.41, 5.74) is 2.17. The Bertz CT molecular complexity index is 561. The molecule has 0 saturated carbocycles. The number of rotatable bonds is 5. The molecule has 0 spiro atoms. The van der Waals surface area contributed by atoms with E-state index in [9.17, 15) is 4.79 Å². The average Bonchev–Trinajstić information content (AvgIpc) is 2.45. The minimum Gasteiger partial charge on any atom is -0.478 e. The van der Waals surface area contributed by atoms with Crippen LogP contribution in [0.4, 0.5) is 0 Å². The van der Waals surface area contributed by atoms with Gasteiger partial charge in [0.25, 0.3) is 0 Å². The minimum atomic E-state index is -0.927. The molecule has 4 heteroatoms. The summed E-state index contributed by atoms with van der Waals surface area (Å²) in [4.78, 5) is 10.8. The molecule has 0 saturated heterocycles. The van der Waals surface area contributed by atoms with Gasteiger partial charge in [0.2, 0.25) is 0 Å². The molecule has 0 amide bonds. The van der Waals surface area contributed by atoms with Gasteiger partial charge in [-0.25, -0.2) is 4.79 Å². The number of carbonyl (C=O) groups is 1. The predicted octanol–water partition coefficient (Wildman–Crippen LogP) is 3.03. The highest BCUT2D eigenvalue weighted by molar-refractivity contribution is 5.88. The van der Waals surface area contributed by atoms with Crippen molar-refractivity contribution in [3.8, 4) is 16.9 Å². The molecule has 0 heterocycles. The van der Waals surface area contributed by atoms with E-state index >= 15 is 0 Å². The monoisotopic (exact) mass is 258 g/mol. The SMILES string of the molecule is COCOc1cccc(-c2ccc(C(=O)O)cc2)c1. The van der Waals surface area contributed by atoms with E-state index in [-0.39, 0.29) is 12.4 Å². The Balaban J connectivity index is 2.23. The van der Waals surface area contributed by atoms with Gasteiger partial charge in [0.1, 0.15) is 5.75 Å². The molecular formula is C15H14O4. The first-order valence-electron chi connectivity index (χ1n) is 5.76. The van der Waals surface area contributed by atoms with Crippen molar-refractivity contribution in [1.29, 1.82) is 0 Å². The number of hydrogen-bond acceptors (Lipinski definition) is 3. The van der Waals surface area contributed by atoms with Gasteiger partial charge in [-0.1, -0.05) is 24.3 Å². The first kappa shape index (κ1) is 13.1. The van der Waals surface area contributed by atoms with Crippen molar-refractivity contribution in [3.63, 3.8) is 0 Å². The van der Waals surface area contributed by atoms with Gasteiger partial charge in [-0.05, 0) is 35.4 Å². The zero-order valence-electron chi connectivity index (χ0n) is 10.5. The minimum absolute atomic E-state index is 0.196. The number of hydrogen-bond donors (Lipinski definition) is 1. The number of carboxylic acid groups (broad SMARTS) is 1. The number of benzene rings is 2. The maximum atomic E-state index is 10.8. The molecule has 0 aliphatic rings. The first-order valence-corrected chi connectivity index (χ1v) is 5.76. The Labute approximate surface area is 111 Å². The molecule has 19 heavy (non-hydrogen) atoms. The lowest BCUT2D eigenvalue weighted by Crippen LogP contribution is -1.98. The maximum absolute atomic E-state index is 10.8. The molecule has 4 nitrogen and oxygen atoms in total. The van der Waals surface area contributed by atoms with Crippen LogP contribution in [-0.2, 0) is 4.74 Å². The van der Waals surface area contributed by atoms with Gasteiger partial charge in [-0.15, -0.1) is 0 Å². The third kappa shape index (κ3) is 3.33. The third-order valence-electron chi connectivity index (χ3n) is 2.64. The lowest BCUT2D eigenvalue weighted by atomic mass is 10.0. The Morgan fingerprint density at radius 2 is 1.84 bits per heavy atom. The van der Waals surface area contributed by atoms with Gasteiger partial charge in [-0.3, -0.25) is 0 Å². The Hall–Kier alpha value is -2.33. The summed E-state index contributed by atoms with van der Waals surface area (Å²) in [6, 6.07) is 14.3. The molecule has 0 unspecified atom stereocenters. The fraction of sp³-hybridized carbons (Fsp3) is 0.133. The van der Waals surface area contributed by atoms with Crippen LogP contribution in [0, 0.1) is 0 Å². The predicted molar refractivity (Wildman–Crippen MR) is 71.3 cm³/mol. The number of ether oxygens (including phenoxy) is 2. The van der Waals surface area contributed by atoms with Gasteiger partial charge in [0.15, 0.2) is 6.79 Å². The molecule has 0 aliphatic carbocycles. The summed E-state index contributed by atoms with van der Waals surface area (Å²) < 4.78 is 10.2. The summed E-state index contributed by atoms with van der Waals surface area (Å²) in [6.07, 6.45) is 0. The van der Waals surface area contributed by atoms with Crippen molar-refractivity contribution in [1.82, 2.24) is 0 Å². The van der Waals surface area contributed by atoms with Crippen LogP contribution in [0.15, 0.2) is 48.5 Å². The van der Waals surface area contributed by atoms with E-state index in [4.69, 9.17) is 14.6 Å². The van der Waals surface area contributed by atoms with Crippen molar-refractivity contribution in [2.45, 2.75) is 0 Å². The van der Waals surface area contributed by atoms with Crippen LogP contribution in [0.25, 0.3) is 11.1 Å². The van der Waals surface area contributed by atoms with Crippen LogP contribution in [0.3, 0.4) is 0 Å².